The van der Waals surface area contributed by atoms with E-state index in [9.17, 15) is 13.2 Å². The third kappa shape index (κ3) is 5.77. The van der Waals surface area contributed by atoms with Crippen molar-refractivity contribution in [2.24, 2.45) is 0 Å². The standard InChI is InChI=1S/C23H18ClN3O5S2/c1-31-19-10-12-20(13-11-19)34(29,30)27-18-8-4-16(5-9-18)22-25-26-23(32-22)33-14-21(28)15-2-6-17(24)7-3-15/h2-13,27H,14H2,1H3. The molecular weight excluding hydrogens is 498 g/mol. The molecular formula is C23H18ClN3O5S2. The molecule has 0 atom stereocenters. The number of ether oxygens (including phenoxy) is 1. The summed E-state index contributed by atoms with van der Waals surface area (Å²) in [6.07, 6.45) is 0. The van der Waals surface area contributed by atoms with Crippen molar-refractivity contribution in [1.82, 2.24) is 10.2 Å². The van der Waals surface area contributed by atoms with Crippen LogP contribution >= 0.6 is 23.4 Å². The van der Waals surface area contributed by atoms with Crippen LogP contribution in [0.15, 0.2) is 87.3 Å². The number of carbonyl (C=O) groups is 1. The van der Waals surface area contributed by atoms with Crippen molar-refractivity contribution in [2.75, 3.05) is 17.6 Å². The molecule has 0 aliphatic rings. The second kappa shape index (κ2) is 10.3. The Morgan fingerprint density at radius 2 is 1.68 bits per heavy atom. The number of hydrogen-bond acceptors (Lipinski definition) is 8. The van der Waals surface area contributed by atoms with Gasteiger partial charge in [-0.3, -0.25) is 9.52 Å². The summed E-state index contributed by atoms with van der Waals surface area (Å²) in [7, 11) is -2.24. The van der Waals surface area contributed by atoms with Gasteiger partial charge in [0.25, 0.3) is 15.2 Å². The number of benzene rings is 3. The SMILES string of the molecule is COc1ccc(S(=O)(=O)Nc2ccc(-c3nnc(SCC(=O)c4ccc(Cl)cc4)o3)cc2)cc1. The van der Waals surface area contributed by atoms with Crippen molar-refractivity contribution in [3.8, 4) is 17.2 Å². The van der Waals surface area contributed by atoms with Crippen LogP contribution in [0.25, 0.3) is 11.5 Å². The molecule has 1 aromatic heterocycles. The Balaban J connectivity index is 1.38. The molecule has 1 N–H and O–H groups in total. The summed E-state index contributed by atoms with van der Waals surface area (Å²) in [6.45, 7) is 0. The summed E-state index contributed by atoms with van der Waals surface area (Å²) >= 11 is 6.97. The minimum Gasteiger partial charge on any atom is -0.497 e. The molecule has 0 bridgehead atoms. The lowest BCUT2D eigenvalue weighted by Crippen LogP contribution is -2.12. The molecule has 0 amide bonds. The number of sulfonamides is 1. The van der Waals surface area contributed by atoms with E-state index >= 15 is 0 Å². The maximum absolute atomic E-state index is 12.6. The number of Topliss-reactive ketones (excluding diaryl/α,β-unsaturated/α-hetero) is 1. The summed E-state index contributed by atoms with van der Waals surface area (Å²) in [5, 5.41) is 8.77. The quantitative estimate of drug-likeness (QED) is 0.240. The van der Waals surface area contributed by atoms with Gasteiger partial charge in [0.1, 0.15) is 5.75 Å². The molecule has 3 aromatic carbocycles. The number of thioether (sulfide) groups is 1. The van der Waals surface area contributed by atoms with Gasteiger partial charge < -0.3 is 9.15 Å². The van der Waals surface area contributed by atoms with E-state index in [-0.39, 0.29) is 27.5 Å². The summed E-state index contributed by atoms with van der Waals surface area (Å²) in [5.74, 6) is 0.866. The number of anilines is 1. The van der Waals surface area contributed by atoms with Crippen LogP contribution in [-0.2, 0) is 10.0 Å². The van der Waals surface area contributed by atoms with E-state index in [1.165, 1.54) is 19.2 Å². The molecule has 8 nitrogen and oxygen atoms in total. The highest BCUT2D eigenvalue weighted by molar-refractivity contribution is 7.99. The predicted molar refractivity (Wildman–Crippen MR) is 130 cm³/mol. The minimum absolute atomic E-state index is 0.0880. The van der Waals surface area contributed by atoms with Crippen LogP contribution in [-0.4, -0.2) is 37.3 Å². The first-order valence-electron chi connectivity index (χ1n) is 9.86. The van der Waals surface area contributed by atoms with Crippen molar-refractivity contribution in [3.63, 3.8) is 0 Å². The normalized spacial score (nSPS) is 11.2. The second-order valence-electron chi connectivity index (χ2n) is 6.95. The molecule has 34 heavy (non-hydrogen) atoms. The Hall–Kier alpha value is -3.34. The van der Waals surface area contributed by atoms with Gasteiger partial charge in [0.05, 0.1) is 17.8 Å². The predicted octanol–water partition coefficient (Wildman–Crippen LogP) is 5.17. The van der Waals surface area contributed by atoms with Gasteiger partial charge in [0, 0.05) is 21.8 Å². The lowest BCUT2D eigenvalue weighted by Gasteiger charge is -2.09. The smallest absolute Gasteiger partial charge is 0.277 e. The van der Waals surface area contributed by atoms with Crippen molar-refractivity contribution < 1.29 is 22.4 Å². The van der Waals surface area contributed by atoms with Gasteiger partial charge in [0.15, 0.2) is 5.78 Å². The fourth-order valence-electron chi connectivity index (χ4n) is 2.88. The lowest BCUT2D eigenvalue weighted by atomic mass is 10.1. The molecule has 1 heterocycles. The highest BCUT2D eigenvalue weighted by atomic mass is 35.5. The Labute approximate surface area is 205 Å². The Morgan fingerprint density at radius 1 is 1.00 bits per heavy atom. The Morgan fingerprint density at radius 3 is 2.32 bits per heavy atom. The molecule has 0 fully saturated rings. The van der Waals surface area contributed by atoms with E-state index in [4.69, 9.17) is 20.8 Å². The van der Waals surface area contributed by atoms with Gasteiger partial charge in [-0.1, -0.05) is 23.4 Å². The number of ketones is 1. The molecule has 174 valence electrons. The molecule has 0 radical (unpaired) electrons. The van der Waals surface area contributed by atoms with Crippen LogP contribution in [0.1, 0.15) is 10.4 Å². The fraction of sp³-hybridized carbons (Fsp3) is 0.0870. The van der Waals surface area contributed by atoms with Gasteiger partial charge in [-0.2, -0.15) is 0 Å². The number of aromatic nitrogens is 2. The molecule has 11 heteroatoms. The van der Waals surface area contributed by atoms with E-state index in [2.05, 4.69) is 14.9 Å². The number of carbonyl (C=O) groups excluding carboxylic acids is 1. The van der Waals surface area contributed by atoms with Crippen LogP contribution < -0.4 is 9.46 Å². The zero-order valence-corrected chi connectivity index (χ0v) is 20.2. The molecule has 0 aliphatic carbocycles. The molecule has 4 rings (SSSR count). The highest BCUT2D eigenvalue weighted by Gasteiger charge is 2.16. The third-order valence-electron chi connectivity index (χ3n) is 4.65. The Bertz CT molecular complexity index is 1390. The first kappa shape index (κ1) is 23.8. The largest absolute Gasteiger partial charge is 0.497 e. The van der Waals surface area contributed by atoms with E-state index in [0.29, 0.717) is 27.6 Å². The van der Waals surface area contributed by atoms with Gasteiger partial charge in [-0.05, 0) is 72.8 Å². The summed E-state index contributed by atoms with van der Waals surface area (Å²) in [6, 6.07) is 19.2. The average molecular weight is 516 g/mol. The highest BCUT2D eigenvalue weighted by Crippen LogP contribution is 2.26. The molecule has 4 aromatic rings. The van der Waals surface area contributed by atoms with Crippen molar-refractivity contribution in [1.29, 1.82) is 0 Å². The topological polar surface area (TPSA) is 111 Å². The monoisotopic (exact) mass is 515 g/mol. The molecule has 0 saturated carbocycles. The van der Waals surface area contributed by atoms with E-state index < -0.39 is 10.0 Å². The van der Waals surface area contributed by atoms with Crippen LogP contribution in [0.2, 0.25) is 5.02 Å². The molecule has 0 spiro atoms. The first-order chi connectivity index (χ1) is 16.3. The fourth-order valence-corrected chi connectivity index (χ4v) is 4.72. The average Bonchev–Trinajstić information content (AvgIpc) is 3.32. The summed E-state index contributed by atoms with van der Waals surface area (Å²) < 4.78 is 38.3. The Kier molecular flexibility index (Phi) is 7.20. The molecule has 0 unspecified atom stereocenters. The van der Waals surface area contributed by atoms with Crippen LogP contribution in [0, 0.1) is 0 Å². The van der Waals surface area contributed by atoms with Crippen molar-refractivity contribution in [2.45, 2.75) is 10.1 Å². The van der Waals surface area contributed by atoms with Crippen LogP contribution in [0.5, 0.6) is 5.75 Å². The van der Waals surface area contributed by atoms with Gasteiger partial charge in [-0.25, -0.2) is 8.42 Å². The van der Waals surface area contributed by atoms with E-state index in [1.54, 1.807) is 60.7 Å². The summed E-state index contributed by atoms with van der Waals surface area (Å²) in [4.78, 5) is 12.4. The second-order valence-corrected chi connectivity index (χ2v) is 10.00. The summed E-state index contributed by atoms with van der Waals surface area (Å²) in [5.41, 5.74) is 1.53. The number of hydrogen-bond donors (Lipinski definition) is 1. The van der Waals surface area contributed by atoms with Gasteiger partial charge in [-0.15, -0.1) is 10.2 Å². The number of nitrogens with zero attached hydrogens (tertiary/aromatic N) is 2. The molecule has 0 saturated heterocycles. The minimum atomic E-state index is -3.75. The molecule has 0 aliphatic heterocycles. The van der Waals surface area contributed by atoms with Crippen LogP contribution in [0.4, 0.5) is 5.69 Å². The van der Waals surface area contributed by atoms with Gasteiger partial charge in [0.2, 0.25) is 5.89 Å². The van der Waals surface area contributed by atoms with E-state index in [0.717, 1.165) is 11.8 Å². The first-order valence-corrected chi connectivity index (χ1v) is 12.7. The maximum atomic E-state index is 12.6. The van der Waals surface area contributed by atoms with Crippen molar-refractivity contribution in [3.05, 3.63) is 83.4 Å². The maximum Gasteiger partial charge on any atom is 0.277 e. The zero-order chi connectivity index (χ0) is 24.1. The number of methoxy groups -OCH3 is 1. The number of nitrogens with one attached hydrogen (secondary N) is 1. The zero-order valence-electron chi connectivity index (χ0n) is 17.8. The van der Waals surface area contributed by atoms with Crippen molar-refractivity contribution >= 4 is 44.9 Å². The third-order valence-corrected chi connectivity index (χ3v) is 7.12. The van der Waals surface area contributed by atoms with Crippen LogP contribution in [0.3, 0.4) is 0 Å². The number of rotatable bonds is 9. The van der Waals surface area contributed by atoms with E-state index in [1.807, 2.05) is 0 Å². The lowest BCUT2D eigenvalue weighted by molar-refractivity contribution is 0.102. The number of halogens is 1. The van der Waals surface area contributed by atoms with Gasteiger partial charge >= 0.3 is 0 Å².